The molecule has 0 aliphatic carbocycles. The summed E-state index contributed by atoms with van der Waals surface area (Å²) in [6.45, 7) is 2.60. The highest BCUT2D eigenvalue weighted by atomic mass is 35.5. The molecule has 0 N–H and O–H groups in total. The Bertz CT molecular complexity index is 526. The van der Waals surface area contributed by atoms with E-state index in [1.54, 1.807) is 7.11 Å². The van der Waals surface area contributed by atoms with E-state index >= 15 is 0 Å². The quantitative estimate of drug-likeness (QED) is 0.793. The highest BCUT2D eigenvalue weighted by molar-refractivity contribution is 6.32. The van der Waals surface area contributed by atoms with Crippen molar-refractivity contribution >= 4 is 11.6 Å². The Morgan fingerprint density at radius 1 is 1.11 bits per heavy atom. The third kappa shape index (κ3) is 3.72. The van der Waals surface area contributed by atoms with Crippen molar-refractivity contribution in [2.24, 2.45) is 0 Å². The summed E-state index contributed by atoms with van der Waals surface area (Å²) in [5, 5.41) is 0.607. The Balaban J connectivity index is 2.00. The van der Waals surface area contributed by atoms with Gasteiger partial charge in [-0.05, 0) is 30.2 Å². The van der Waals surface area contributed by atoms with Crippen molar-refractivity contribution in [3.05, 3.63) is 64.7 Å². The van der Waals surface area contributed by atoms with Crippen LogP contribution in [0.4, 0.5) is 0 Å². The third-order valence-corrected chi connectivity index (χ3v) is 3.28. The average molecular weight is 277 g/mol. The number of rotatable bonds is 5. The molecule has 2 nitrogen and oxygen atoms in total. The van der Waals surface area contributed by atoms with Gasteiger partial charge >= 0.3 is 0 Å². The number of hydrogen-bond acceptors (Lipinski definition) is 2. The van der Waals surface area contributed by atoms with E-state index in [0.717, 1.165) is 11.1 Å². The Morgan fingerprint density at radius 2 is 1.84 bits per heavy atom. The molecule has 1 atom stereocenters. The van der Waals surface area contributed by atoms with E-state index < -0.39 is 0 Å². The van der Waals surface area contributed by atoms with Crippen LogP contribution in [0.2, 0.25) is 5.02 Å². The van der Waals surface area contributed by atoms with E-state index in [4.69, 9.17) is 21.1 Å². The highest BCUT2D eigenvalue weighted by Crippen LogP contribution is 2.29. The molecule has 2 aromatic rings. The molecule has 0 fully saturated rings. The molecular formula is C16H17ClO2. The molecule has 1 unspecified atom stereocenters. The number of hydrogen-bond donors (Lipinski definition) is 0. The monoisotopic (exact) mass is 276 g/mol. The van der Waals surface area contributed by atoms with Gasteiger partial charge in [-0.25, -0.2) is 0 Å². The first-order valence-corrected chi connectivity index (χ1v) is 6.57. The number of halogens is 1. The van der Waals surface area contributed by atoms with Gasteiger partial charge in [0.1, 0.15) is 5.75 Å². The van der Waals surface area contributed by atoms with Crippen LogP contribution in [0.1, 0.15) is 24.2 Å². The first-order chi connectivity index (χ1) is 9.20. The third-order valence-electron chi connectivity index (χ3n) is 2.99. The number of benzene rings is 2. The summed E-state index contributed by atoms with van der Waals surface area (Å²) in [5.74, 6) is 0.681. The van der Waals surface area contributed by atoms with E-state index in [-0.39, 0.29) is 6.10 Å². The van der Waals surface area contributed by atoms with Crippen LogP contribution in [0, 0.1) is 0 Å². The summed E-state index contributed by atoms with van der Waals surface area (Å²) in [5.41, 5.74) is 2.20. The maximum Gasteiger partial charge on any atom is 0.137 e. The van der Waals surface area contributed by atoms with E-state index in [2.05, 4.69) is 0 Å². The SMILES string of the molecule is COc1ccc(C(C)OCc2ccccc2)cc1Cl. The maximum atomic E-state index is 6.11. The second-order valence-corrected chi connectivity index (χ2v) is 4.74. The lowest BCUT2D eigenvalue weighted by atomic mass is 10.1. The molecular weight excluding hydrogens is 260 g/mol. The number of ether oxygens (including phenoxy) is 2. The van der Waals surface area contributed by atoms with E-state index in [0.29, 0.717) is 17.4 Å². The van der Waals surface area contributed by atoms with Crippen LogP contribution in [0.5, 0.6) is 5.75 Å². The van der Waals surface area contributed by atoms with Crippen LogP contribution >= 0.6 is 11.6 Å². The van der Waals surface area contributed by atoms with E-state index in [1.165, 1.54) is 0 Å². The summed E-state index contributed by atoms with van der Waals surface area (Å²) in [6, 6.07) is 15.8. The zero-order valence-electron chi connectivity index (χ0n) is 11.1. The molecule has 2 rings (SSSR count). The summed E-state index contributed by atoms with van der Waals surface area (Å²) in [6.07, 6.45) is -0.0105. The Labute approximate surface area is 118 Å². The molecule has 100 valence electrons. The van der Waals surface area contributed by atoms with Gasteiger partial charge in [-0.2, -0.15) is 0 Å². The molecule has 0 bridgehead atoms. The molecule has 0 aliphatic heterocycles. The van der Waals surface area contributed by atoms with Gasteiger partial charge in [-0.1, -0.05) is 48.0 Å². The topological polar surface area (TPSA) is 18.5 Å². The molecule has 0 amide bonds. The summed E-state index contributed by atoms with van der Waals surface area (Å²) in [4.78, 5) is 0. The van der Waals surface area contributed by atoms with Crippen molar-refractivity contribution in [2.45, 2.75) is 19.6 Å². The first-order valence-electron chi connectivity index (χ1n) is 6.19. The Kier molecular flexibility index (Phi) is 4.83. The highest BCUT2D eigenvalue weighted by Gasteiger charge is 2.09. The first kappa shape index (κ1) is 13.9. The minimum atomic E-state index is -0.0105. The second-order valence-electron chi connectivity index (χ2n) is 4.33. The molecule has 0 radical (unpaired) electrons. The zero-order chi connectivity index (χ0) is 13.7. The van der Waals surface area contributed by atoms with E-state index in [9.17, 15) is 0 Å². The van der Waals surface area contributed by atoms with Gasteiger partial charge in [0.05, 0.1) is 24.8 Å². The predicted octanol–water partition coefficient (Wildman–Crippen LogP) is 4.63. The molecule has 0 spiro atoms. The van der Waals surface area contributed by atoms with Crippen LogP contribution in [0.3, 0.4) is 0 Å². The number of methoxy groups -OCH3 is 1. The second kappa shape index (κ2) is 6.60. The van der Waals surface area contributed by atoms with Crippen molar-refractivity contribution in [2.75, 3.05) is 7.11 Å². The van der Waals surface area contributed by atoms with Crippen molar-refractivity contribution in [1.82, 2.24) is 0 Å². The summed E-state index contributed by atoms with van der Waals surface area (Å²) in [7, 11) is 1.61. The van der Waals surface area contributed by atoms with Crippen LogP contribution in [0.25, 0.3) is 0 Å². The lowest BCUT2D eigenvalue weighted by Crippen LogP contribution is -2.00. The molecule has 2 aromatic carbocycles. The smallest absolute Gasteiger partial charge is 0.137 e. The van der Waals surface area contributed by atoms with Gasteiger partial charge in [0.2, 0.25) is 0 Å². The molecule has 0 aromatic heterocycles. The van der Waals surface area contributed by atoms with Crippen LogP contribution < -0.4 is 4.74 Å². The normalized spacial score (nSPS) is 12.2. The van der Waals surface area contributed by atoms with Crippen molar-refractivity contribution < 1.29 is 9.47 Å². The Morgan fingerprint density at radius 3 is 2.47 bits per heavy atom. The minimum Gasteiger partial charge on any atom is -0.495 e. The molecule has 0 heterocycles. The molecule has 0 aliphatic rings. The standard InChI is InChI=1S/C16H17ClO2/c1-12(19-11-13-6-4-3-5-7-13)14-8-9-16(18-2)15(17)10-14/h3-10,12H,11H2,1-2H3. The lowest BCUT2D eigenvalue weighted by molar-refractivity contribution is 0.0525. The van der Waals surface area contributed by atoms with Gasteiger partial charge in [-0.3, -0.25) is 0 Å². The fourth-order valence-corrected chi connectivity index (χ4v) is 2.09. The van der Waals surface area contributed by atoms with Gasteiger partial charge in [0.15, 0.2) is 0 Å². The lowest BCUT2D eigenvalue weighted by Gasteiger charge is -2.15. The fraction of sp³-hybridized carbons (Fsp3) is 0.250. The fourth-order valence-electron chi connectivity index (χ4n) is 1.83. The molecule has 3 heteroatoms. The van der Waals surface area contributed by atoms with Gasteiger partial charge in [0.25, 0.3) is 0 Å². The van der Waals surface area contributed by atoms with E-state index in [1.807, 2.05) is 55.5 Å². The Hall–Kier alpha value is -1.51. The molecule has 0 saturated heterocycles. The van der Waals surface area contributed by atoms with Crippen molar-refractivity contribution in [1.29, 1.82) is 0 Å². The predicted molar refractivity (Wildman–Crippen MR) is 77.7 cm³/mol. The average Bonchev–Trinajstić information content (AvgIpc) is 2.45. The summed E-state index contributed by atoms with van der Waals surface area (Å²) < 4.78 is 11.0. The van der Waals surface area contributed by atoms with Gasteiger partial charge in [0, 0.05) is 0 Å². The molecule has 19 heavy (non-hydrogen) atoms. The largest absolute Gasteiger partial charge is 0.495 e. The van der Waals surface area contributed by atoms with Crippen molar-refractivity contribution in [3.8, 4) is 5.75 Å². The summed E-state index contributed by atoms with van der Waals surface area (Å²) >= 11 is 6.11. The van der Waals surface area contributed by atoms with Gasteiger partial charge in [-0.15, -0.1) is 0 Å². The van der Waals surface area contributed by atoms with Crippen LogP contribution in [0.15, 0.2) is 48.5 Å². The zero-order valence-corrected chi connectivity index (χ0v) is 11.9. The van der Waals surface area contributed by atoms with Crippen LogP contribution in [-0.4, -0.2) is 7.11 Å². The maximum absolute atomic E-state index is 6.11. The minimum absolute atomic E-state index is 0.0105. The van der Waals surface area contributed by atoms with Crippen LogP contribution in [-0.2, 0) is 11.3 Å². The van der Waals surface area contributed by atoms with Crippen molar-refractivity contribution in [3.63, 3.8) is 0 Å². The van der Waals surface area contributed by atoms with Gasteiger partial charge < -0.3 is 9.47 Å². The molecule has 0 saturated carbocycles.